The van der Waals surface area contributed by atoms with Crippen LogP contribution in [0.3, 0.4) is 0 Å². The number of hydrogen-bond donors (Lipinski definition) is 1. The predicted molar refractivity (Wildman–Crippen MR) is 80.2 cm³/mol. The minimum atomic E-state index is 0.537. The predicted octanol–water partition coefficient (Wildman–Crippen LogP) is 4.86. The van der Waals surface area contributed by atoms with Crippen LogP contribution in [0.5, 0.6) is 0 Å². The number of unbranched alkanes of at least 4 members (excludes halogenated alkanes) is 4. The normalized spacial score (nSPS) is 12.4. The van der Waals surface area contributed by atoms with E-state index in [2.05, 4.69) is 43.2 Å². The van der Waals surface area contributed by atoms with Crippen molar-refractivity contribution in [2.24, 2.45) is 0 Å². The minimum absolute atomic E-state index is 0.537. The third-order valence-corrected chi connectivity index (χ3v) is 3.37. The Morgan fingerprint density at radius 1 is 1.11 bits per heavy atom. The molecule has 18 heavy (non-hydrogen) atoms. The van der Waals surface area contributed by atoms with Gasteiger partial charge in [0.25, 0.3) is 0 Å². The van der Waals surface area contributed by atoms with Crippen molar-refractivity contribution in [2.45, 2.75) is 72.3 Å². The van der Waals surface area contributed by atoms with Crippen molar-refractivity contribution < 1.29 is 0 Å². The van der Waals surface area contributed by atoms with Gasteiger partial charge in [-0.2, -0.15) is 0 Å². The van der Waals surface area contributed by atoms with Gasteiger partial charge in [0.15, 0.2) is 0 Å². The van der Waals surface area contributed by atoms with Crippen molar-refractivity contribution >= 4 is 5.69 Å². The van der Waals surface area contributed by atoms with Gasteiger partial charge in [0.2, 0.25) is 0 Å². The smallest absolute Gasteiger partial charge is 0.0606 e. The molecular formula is C16H28N2. The van der Waals surface area contributed by atoms with Crippen molar-refractivity contribution in [3.63, 3.8) is 0 Å². The summed E-state index contributed by atoms with van der Waals surface area (Å²) in [5.41, 5.74) is 3.37. The molecule has 0 saturated carbocycles. The van der Waals surface area contributed by atoms with Gasteiger partial charge in [0.05, 0.1) is 11.4 Å². The molecule has 1 aromatic rings. The largest absolute Gasteiger partial charge is 0.381 e. The van der Waals surface area contributed by atoms with Gasteiger partial charge in [-0.1, -0.05) is 39.0 Å². The second kappa shape index (κ2) is 8.12. The standard InChI is InChI=1S/C16H28N2/c1-5-6-7-8-9-10-13(2)18-16-12-11-14(3)17-15(16)4/h11-13,18H,5-10H2,1-4H3. The number of anilines is 1. The molecule has 0 aliphatic heterocycles. The van der Waals surface area contributed by atoms with Crippen LogP contribution in [0, 0.1) is 13.8 Å². The molecule has 0 radical (unpaired) electrons. The molecule has 0 spiro atoms. The molecule has 0 aliphatic rings. The van der Waals surface area contributed by atoms with Gasteiger partial charge in [-0.3, -0.25) is 4.98 Å². The first-order valence-corrected chi connectivity index (χ1v) is 7.34. The molecule has 102 valence electrons. The van der Waals surface area contributed by atoms with Gasteiger partial charge in [0.1, 0.15) is 0 Å². The fourth-order valence-corrected chi connectivity index (χ4v) is 2.23. The molecule has 1 heterocycles. The van der Waals surface area contributed by atoms with E-state index in [1.165, 1.54) is 44.2 Å². The van der Waals surface area contributed by atoms with Gasteiger partial charge in [-0.15, -0.1) is 0 Å². The highest BCUT2D eigenvalue weighted by atomic mass is 14.9. The summed E-state index contributed by atoms with van der Waals surface area (Å²) in [7, 11) is 0. The lowest BCUT2D eigenvalue weighted by Gasteiger charge is -2.16. The van der Waals surface area contributed by atoms with Crippen LogP contribution in [-0.2, 0) is 0 Å². The second-order valence-corrected chi connectivity index (χ2v) is 5.33. The van der Waals surface area contributed by atoms with E-state index >= 15 is 0 Å². The zero-order chi connectivity index (χ0) is 13.4. The summed E-state index contributed by atoms with van der Waals surface area (Å²) in [6.45, 7) is 8.63. The van der Waals surface area contributed by atoms with E-state index in [0.717, 1.165) is 11.4 Å². The lowest BCUT2D eigenvalue weighted by atomic mass is 10.1. The second-order valence-electron chi connectivity index (χ2n) is 5.33. The third-order valence-electron chi connectivity index (χ3n) is 3.37. The van der Waals surface area contributed by atoms with Crippen LogP contribution < -0.4 is 5.32 Å². The van der Waals surface area contributed by atoms with Crippen molar-refractivity contribution in [2.75, 3.05) is 5.32 Å². The number of nitrogens with one attached hydrogen (secondary N) is 1. The summed E-state index contributed by atoms with van der Waals surface area (Å²) in [4.78, 5) is 4.48. The van der Waals surface area contributed by atoms with E-state index < -0.39 is 0 Å². The molecule has 0 saturated heterocycles. The van der Waals surface area contributed by atoms with E-state index in [1.54, 1.807) is 0 Å². The Morgan fingerprint density at radius 2 is 1.83 bits per heavy atom. The van der Waals surface area contributed by atoms with Crippen LogP contribution in [0.2, 0.25) is 0 Å². The number of pyridine rings is 1. The van der Waals surface area contributed by atoms with Gasteiger partial charge in [0, 0.05) is 11.7 Å². The highest BCUT2D eigenvalue weighted by Crippen LogP contribution is 2.16. The number of hydrogen-bond acceptors (Lipinski definition) is 2. The maximum atomic E-state index is 4.48. The Hall–Kier alpha value is -1.05. The van der Waals surface area contributed by atoms with E-state index in [4.69, 9.17) is 0 Å². The first-order chi connectivity index (χ1) is 8.63. The van der Waals surface area contributed by atoms with Crippen LogP contribution in [-0.4, -0.2) is 11.0 Å². The van der Waals surface area contributed by atoms with E-state index in [1.807, 2.05) is 6.92 Å². The number of rotatable bonds is 8. The summed E-state index contributed by atoms with van der Waals surface area (Å²) < 4.78 is 0. The van der Waals surface area contributed by atoms with Crippen LogP contribution in [0.4, 0.5) is 5.69 Å². The third kappa shape index (κ3) is 5.52. The van der Waals surface area contributed by atoms with Crippen molar-refractivity contribution in [1.29, 1.82) is 0 Å². The summed E-state index contributed by atoms with van der Waals surface area (Å²) in [5.74, 6) is 0. The van der Waals surface area contributed by atoms with Gasteiger partial charge in [-0.05, 0) is 39.3 Å². The Morgan fingerprint density at radius 3 is 2.50 bits per heavy atom. The van der Waals surface area contributed by atoms with Crippen molar-refractivity contribution in [1.82, 2.24) is 4.98 Å². The maximum Gasteiger partial charge on any atom is 0.0606 e. The van der Waals surface area contributed by atoms with Crippen molar-refractivity contribution in [3.05, 3.63) is 23.5 Å². The topological polar surface area (TPSA) is 24.9 Å². The molecule has 1 rings (SSSR count). The highest BCUT2D eigenvalue weighted by Gasteiger charge is 2.05. The summed E-state index contributed by atoms with van der Waals surface area (Å²) in [5, 5.41) is 3.57. The molecule has 2 nitrogen and oxygen atoms in total. The molecule has 1 unspecified atom stereocenters. The zero-order valence-corrected chi connectivity index (χ0v) is 12.4. The molecular weight excluding hydrogens is 220 g/mol. The van der Waals surface area contributed by atoms with Crippen LogP contribution >= 0.6 is 0 Å². The average molecular weight is 248 g/mol. The quantitative estimate of drug-likeness (QED) is 0.665. The molecule has 2 heteroatoms. The Balaban J connectivity index is 2.28. The molecule has 0 aromatic carbocycles. The summed E-state index contributed by atoms with van der Waals surface area (Å²) in [6, 6.07) is 4.75. The van der Waals surface area contributed by atoms with Crippen molar-refractivity contribution in [3.8, 4) is 0 Å². The molecule has 1 atom stereocenters. The van der Waals surface area contributed by atoms with E-state index in [-0.39, 0.29) is 0 Å². The lowest BCUT2D eigenvalue weighted by Crippen LogP contribution is -2.16. The van der Waals surface area contributed by atoms with Gasteiger partial charge < -0.3 is 5.32 Å². The minimum Gasteiger partial charge on any atom is -0.381 e. The first kappa shape index (κ1) is 15.0. The summed E-state index contributed by atoms with van der Waals surface area (Å²) in [6.07, 6.45) is 8.02. The molecule has 0 fully saturated rings. The Labute approximate surface area is 112 Å². The number of aryl methyl sites for hydroxylation is 2. The van der Waals surface area contributed by atoms with E-state index in [0.29, 0.717) is 6.04 Å². The Kier molecular flexibility index (Phi) is 6.77. The average Bonchev–Trinajstić information content (AvgIpc) is 2.32. The van der Waals surface area contributed by atoms with Gasteiger partial charge >= 0.3 is 0 Å². The SMILES string of the molecule is CCCCCCCC(C)Nc1ccc(C)nc1C. The van der Waals surface area contributed by atoms with Crippen LogP contribution in [0.15, 0.2) is 12.1 Å². The lowest BCUT2D eigenvalue weighted by molar-refractivity contribution is 0.578. The number of nitrogens with zero attached hydrogens (tertiary/aromatic N) is 1. The van der Waals surface area contributed by atoms with E-state index in [9.17, 15) is 0 Å². The molecule has 1 N–H and O–H groups in total. The molecule has 0 bridgehead atoms. The summed E-state index contributed by atoms with van der Waals surface area (Å²) >= 11 is 0. The first-order valence-electron chi connectivity index (χ1n) is 7.34. The molecule has 0 amide bonds. The van der Waals surface area contributed by atoms with Gasteiger partial charge in [-0.25, -0.2) is 0 Å². The monoisotopic (exact) mass is 248 g/mol. The number of aromatic nitrogens is 1. The Bertz CT molecular complexity index is 347. The van der Waals surface area contributed by atoms with Crippen LogP contribution in [0.1, 0.15) is 63.8 Å². The molecule has 1 aromatic heterocycles. The molecule has 0 aliphatic carbocycles. The van der Waals surface area contributed by atoms with Crippen LogP contribution in [0.25, 0.3) is 0 Å². The zero-order valence-electron chi connectivity index (χ0n) is 12.4. The fourth-order valence-electron chi connectivity index (χ4n) is 2.23. The fraction of sp³-hybridized carbons (Fsp3) is 0.688. The highest BCUT2D eigenvalue weighted by molar-refractivity contribution is 5.48. The maximum absolute atomic E-state index is 4.48.